The largest absolute Gasteiger partial charge is 0.346 e. The van der Waals surface area contributed by atoms with E-state index in [-0.39, 0.29) is 23.0 Å². The molecule has 0 unspecified atom stereocenters. The van der Waals surface area contributed by atoms with Gasteiger partial charge in [-0.15, -0.1) is 11.3 Å². The molecule has 1 aromatic heterocycles. The normalized spacial score (nSPS) is 26.2. The van der Waals surface area contributed by atoms with Crippen molar-refractivity contribution in [2.24, 2.45) is 0 Å². The van der Waals surface area contributed by atoms with Gasteiger partial charge < -0.3 is 5.32 Å². The standard InChI is InChI=1S/C10H11Cl2NO3S2/c1-10(2-3-18(15,16)5-10)13-9(14)6-4-7(11)17-8(6)12/h4H,2-3,5H2,1H3,(H,13,14)/t10-/m1/s1. The van der Waals surface area contributed by atoms with Gasteiger partial charge in [0.05, 0.1) is 26.9 Å². The number of thiophene rings is 1. The Balaban J connectivity index is 2.16. The topological polar surface area (TPSA) is 63.2 Å². The number of hydrogen-bond donors (Lipinski definition) is 1. The third-order valence-electron chi connectivity index (χ3n) is 2.82. The van der Waals surface area contributed by atoms with Gasteiger partial charge in [-0.05, 0) is 19.4 Å². The maximum atomic E-state index is 12.0. The molecule has 1 aliphatic rings. The lowest BCUT2D eigenvalue weighted by molar-refractivity contribution is 0.0916. The number of hydrogen-bond acceptors (Lipinski definition) is 4. The summed E-state index contributed by atoms with van der Waals surface area (Å²) in [6.45, 7) is 1.72. The zero-order valence-electron chi connectivity index (χ0n) is 9.50. The zero-order valence-corrected chi connectivity index (χ0v) is 12.6. The molecule has 4 nitrogen and oxygen atoms in total. The molecule has 100 valence electrons. The molecule has 1 aliphatic heterocycles. The van der Waals surface area contributed by atoms with Crippen LogP contribution < -0.4 is 5.32 Å². The van der Waals surface area contributed by atoms with Gasteiger partial charge >= 0.3 is 0 Å². The first-order chi connectivity index (χ1) is 8.21. The number of halogens is 2. The van der Waals surface area contributed by atoms with E-state index in [1.807, 2.05) is 0 Å². The molecule has 1 aromatic rings. The first-order valence-corrected chi connectivity index (χ1v) is 8.58. The molecule has 0 radical (unpaired) electrons. The molecular formula is C10H11Cl2NO3S2. The fourth-order valence-corrected chi connectivity index (χ4v) is 5.50. The first kappa shape index (κ1) is 14.1. The zero-order chi connectivity index (χ0) is 13.6. The van der Waals surface area contributed by atoms with E-state index >= 15 is 0 Å². The molecule has 1 fully saturated rings. The maximum absolute atomic E-state index is 12.0. The maximum Gasteiger partial charge on any atom is 0.254 e. The Morgan fingerprint density at radius 2 is 2.17 bits per heavy atom. The van der Waals surface area contributed by atoms with E-state index in [0.29, 0.717) is 15.1 Å². The van der Waals surface area contributed by atoms with Gasteiger partial charge in [-0.25, -0.2) is 8.42 Å². The van der Waals surface area contributed by atoms with Crippen LogP contribution in [0.5, 0.6) is 0 Å². The number of amides is 1. The summed E-state index contributed by atoms with van der Waals surface area (Å²) < 4.78 is 23.6. The van der Waals surface area contributed by atoms with E-state index in [2.05, 4.69) is 5.32 Å². The second kappa shape index (κ2) is 4.67. The van der Waals surface area contributed by atoms with E-state index in [1.54, 1.807) is 6.92 Å². The molecule has 1 atom stereocenters. The van der Waals surface area contributed by atoms with Gasteiger partial charge in [0.25, 0.3) is 5.91 Å². The van der Waals surface area contributed by atoms with Crippen molar-refractivity contribution in [3.8, 4) is 0 Å². The molecule has 8 heteroatoms. The first-order valence-electron chi connectivity index (χ1n) is 5.19. The van der Waals surface area contributed by atoms with Crippen molar-refractivity contribution >= 4 is 50.3 Å². The highest BCUT2D eigenvalue weighted by Gasteiger charge is 2.39. The van der Waals surface area contributed by atoms with Crippen LogP contribution in [0, 0.1) is 0 Å². The smallest absolute Gasteiger partial charge is 0.254 e. The Labute approximate surface area is 119 Å². The van der Waals surface area contributed by atoms with E-state index in [9.17, 15) is 13.2 Å². The highest BCUT2D eigenvalue weighted by Crippen LogP contribution is 2.32. The summed E-state index contributed by atoms with van der Waals surface area (Å²) in [5.41, 5.74) is -0.439. The average molecular weight is 328 g/mol. The molecule has 2 rings (SSSR count). The van der Waals surface area contributed by atoms with Crippen molar-refractivity contribution in [3.05, 3.63) is 20.3 Å². The van der Waals surface area contributed by atoms with E-state index in [0.717, 1.165) is 11.3 Å². The minimum Gasteiger partial charge on any atom is -0.346 e. The minimum atomic E-state index is -3.06. The van der Waals surface area contributed by atoms with Crippen molar-refractivity contribution < 1.29 is 13.2 Å². The molecular weight excluding hydrogens is 317 g/mol. The van der Waals surface area contributed by atoms with Gasteiger partial charge in [-0.3, -0.25) is 4.79 Å². The lowest BCUT2D eigenvalue weighted by Crippen LogP contribution is -2.46. The fourth-order valence-electron chi connectivity index (χ4n) is 1.95. The molecule has 0 spiro atoms. The van der Waals surface area contributed by atoms with Crippen LogP contribution in [0.25, 0.3) is 0 Å². The number of sulfone groups is 1. The summed E-state index contributed by atoms with van der Waals surface area (Å²) in [4.78, 5) is 12.0. The fraction of sp³-hybridized carbons (Fsp3) is 0.500. The van der Waals surface area contributed by atoms with Crippen LogP contribution in [0.4, 0.5) is 0 Å². The lowest BCUT2D eigenvalue weighted by Gasteiger charge is -2.23. The lowest BCUT2D eigenvalue weighted by atomic mass is 10.0. The van der Waals surface area contributed by atoms with Crippen LogP contribution in [-0.2, 0) is 9.84 Å². The third-order valence-corrected chi connectivity index (χ3v) is 6.21. The van der Waals surface area contributed by atoms with E-state index < -0.39 is 15.4 Å². The van der Waals surface area contributed by atoms with E-state index in [1.165, 1.54) is 6.07 Å². The second-order valence-corrected chi connectivity index (χ2v) is 9.06. The second-order valence-electron chi connectivity index (χ2n) is 4.59. The van der Waals surface area contributed by atoms with Crippen molar-refractivity contribution in [1.82, 2.24) is 5.32 Å². The number of carbonyl (C=O) groups excluding carboxylic acids is 1. The average Bonchev–Trinajstić information content (AvgIpc) is 2.67. The Morgan fingerprint density at radius 3 is 2.61 bits per heavy atom. The molecule has 0 bridgehead atoms. The summed E-state index contributed by atoms with van der Waals surface area (Å²) in [5.74, 6) is -0.328. The number of nitrogens with one attached hydrogen (secondary N) is 1. The van der Waals surface area contributed by atoms with Gasteiger partial charge in [0, 0.05) is 0 Å². The van der Waals surface area contributed by atoms with Crippen LogP contribution in [-0.4, -0.2) is 31.4 Å². The Bertz CT molecular complexity index is 596. The predicted octanol–water partition coefficient (Wildman–Crippen LogP) is 2.36. The molecule has 0 saturated carbocycles. The molecule has 1 N–H and O–H groups in total. The van der Waals surface area contributed by atoms with Crippen LogP contribution in [0.1, 0.15) is 23.7 Å². The molecule has 18 heavy (non-hydrogen) atoms. The molecule has 0 aliphatic carbocycles. The van der Waals surface area contributed by atoms with Crippen molar-refractivity contribution in [2.75, 3.05) is 11.5 Å². The SMILES string of the molecule is C[C@@]1(NC(=O)c2cc(Cl)sc2Cl)CCS(=O)(=O)C1. The van der Waals surface area contributed by atoms with Gasteiger partial charge in [0.15, 0.2) is 9.84 Å². The summed E-state index contributed by atoms with van der Waals surface area (Å²) in [7, 11) is -3.06. The molecule has 2 heterocycles. The van der Waals surface area contributed by atoms with Crippen LogP contribution >= 0.6 is 34.5 Å². The van der Waals surface area contributed by atoms with Gasteiger partial charge in [0.2, 0.25) is 0 Å². The number of rotatable bonds is 2. The van der Waals surface area contributed by atoms with Gasteiger partial charge in [0.1, 0.15) is 4.34 Å². The van der Waals surface area contributed by atoms with Crippen molar-refractivity contribution in [3.63, 3.8) is 0 Å². The monoisotopic (exact) mass is 327 g/mol. The summed E-state index contributed by atoms with van der Waals surface area (Å²) in [6.07, 6.45) is 0.413. The summed E-state index contributed by atoms with van der Waals surface area (Å²) in [5, 5.41) is 2.73. The highest BCUT2D eigenvalue weighted by molar-refractivity contribution is 7.91. The van der Waals surface area contributed by atoms with Crippen molar-refractivity contribution in [2.45, 2.75) is 18.9 Å². The highest BCUT2D eigenvalue weighted by atomic mass is 35.5. The van der Waals surface area contributed by atoms with Crippen LogP contribution in [0.3, 0.4) is 0 Å². The Kier molecular flexibility index (Phi) is 3.66. The number of carbonyl (C=O) groups is 1. The molecule has 1 amide bonds. The summed E-state index contributed by atoms with van der Waals surface area (Å²) >= 11 is 12.8. The Morgan fingerprint density at radius 1 is 1.50 bits per heavy atom. The third kappa shape index (κ3) is 2.99. The van der Waals surface area contributed by atoms with Crippen molar-refractivity contribution in [1.29, 1.82) is 0 Å². The Hall–Kier alpha value is -0.300. The minimum absolute atomic E-state index is 0.0404. The van der Waals surface area contributed by atoms with Gasteiger partial charge in [-0.2, -0.15) is 0 Å². The molecule has 0 aromatic carbocycles. The van der Waals surface area contributed by atoms with Crippen LogP contribution in [0.2, 0.25) is 8.67 Å². The predicted molar refractivity (Wildman–Crippen MR) is 73.5 cm³/mol. The van der Waals surface area contributed by atoms with Gasteiger partial charge in [-0.1, -0.05) is 23.2 Å². The summed E-state index contributed by atoms with van der Waals surface area (Å²) in [6, 6.07) is 1.48. The quantitative estimate of drug-likeness (QED) is 0.906. The van der Waals surface area contributed by atoms with Crippen LogP contribution in [0.15, 0.2) is 6.07 Å². The van der Waals surface area contributed by atoms with E-state index in [4.69, 9.17) is 23.2 Å². The molecule has 1 saturated heterocycles.